The van der Waals surface area contributed by atoms with Gasteiger partial charge in [0.15, 0.2) is 11.0 Å². The lowest BCUT2D eigenvalue weighted by Crippen LogP contribution is -2.30. The molecule has 17 heavy (non-hydrogen) atoms. The predicted octanol–water partition coefficient (Wildman–Crippen LogP) is 3.61. The van der Waals surface area contributed by atoms with Crippen molar-refractivity contribution in [3.8, 4) is 0 Å². The average Bonchev–Trinajstić information content (AvgIpc) is 2.80. The summed E-state index contributed by atoms with van der Waals surface area (Å²) in [5.74, 6) is 0.859. The molecule has 0 fully saturated rings. The zero-order valence-electron chi connectivity index (χ0n) is 9.80. The van der Waals surface area contributed by atoms with Gasteiger partial charge in [-0.2, -0.15) is 0 Å². The molecule has 2 rings (SSSR count). The van der Waals surface area contributed by atoms with Gasteiger partial charge >= 0.3 is 0 Å². The second-order valence-corrected chi connectivity index (χ2v) is 5.43. The third-order valence-electron chi connectivity index (χ3n) is 2.44. The van der Waals surface area contributed by atoms with Crippen molar-refractivity contribution in [1.82, 2.24) is 10.2 Å². The van der Waals surface area contributed by atoms with Gasteiger partial charge in [0.2, 0.25) is 0 Å². The summed E-state index contributed by atoms with van der Waals surface area (Å²) in [6.45, 7) is 5.14. The van der Waals surface area contributed by atoms with Crippen LogP contribution < -0.4 is 4.90 Å². The van der Waals surface area contributed by atoms with Gasteiger partial charge in [-0.25, -0.2) is 0 Å². The van der Waals surface area contributed by atoms with Crippen LogP contribution in [0.4, 0.5) is 5.82 Å². The van der Waals surface area contributed by atoms with Crippen LogP contribution >= 0.6 is 22.9 Å². The van der Waals surface area contributed by atoms with E-state index in [0.29, 0.717) is 11.2 Å². The van der Waals surface area contributed by atoms with Crippen molar-refractivity contribution in [2.45, 2.75) is 26.4 Å². The number of thiophene rings is 1. The van der Waals surface area contributed by atoms with Crippen LogP contribution in [0.25, 0.3) is 0 Å². The van der Waals surface area contributed by atoms with Crippen molar-refractivity contribution in [2.75, 3.05) is 4.90 Å². The Hall–Kier alpha value is -1.13. The maximum Gasteiger partial charge on any atom is 0.151 e. The molecule has 0 N–H and O–H groups in total. The fourth-order valence-electron chi connectivity index (χ4n) is 1.56. The summed E-state index contributed by atoms with van der Waals surface area (Å²) in [5.41, 5.74) is 0. The van der Waals surface area contributed by atoms with Gasteiger partial charge in [0.25, 0.3) is 0 Å². The molecule has 2 heterocycles. The van der Waals surface area contributed by atoms with Gasteiger partial charge in [0.05, 0.1) is 6.54 Å². The molecule has 0 saturated heterocycles. The zero-order chi connectivity index (χ0) is 12.3. The van der Waals surface area contributed by atoms with Gasteiger partial charge in [0.1, 0.15) is 0 Å². The van der Waals surface area contributed by atoms with E-state index in [1.807, 2.05) is 6.07 Å². The third kappa shape index (κ3) is 3.17. The monoisotopic (exact) mass is 267 g/mol. The average molecular weight is 268 g/mol. The lowest BCUT2D eigenvalue weighted by Gasteiger charge is -2.26. The standard InChI is InChI=1S/C12H14ClN3S/c1-9(2)16(8-10-4-3-7-17-10)12-6-5-11(13)14-15-12/h3-7,9H,8H2,1-2H3. The first-order valence-electron chi connectivity index (χ1n) is 5.45. The second kappa shape index (κ2) is 5.47. The Kier molecular flexibility index (Phi) is 3.97. The smallest absolute Gasteiger partial charge is 0.151 e. The van der Waals surface area contributed by atoms with Crippen molar-refractivity contribution in [1.29, 1.82) is 0 Å². The quantitative estimate of drug-likeness (QED) is 0.847. The highest BCUT2D eigenvalue weighted by Gasteiger charge is 2.13. The van der Waals surface area contributed by atoms with Gasteiger partial charge < -0.3 is 4.90 Å². The highest BCUT2D eigenvalue weighted by atomic mass is 35.5. The van der Waals surface area contributed by atoms with Gasteiger partial charge in [0, 0.05) is 10.9 Å². The van der Waals surface area contributed by atoms with Crippen LogP contribution in [0.1, 0.15) is 18.7 Å². The summed E-state index contributed by atoms with van der Waals surface area (Å²) in [4.78, 5) is 3.52. The molecule has 0 bridgehead atoms. The lowest BCUT2D eigenvalue weighted by molar-refractivity contribution is 0.670. The largest absolute Gasteiger partial charge is 0.348 e. The van der Waals surface area contributed by atoms with Crippen LogP contribution in [-0.4, -0.2) is 16.2 Å². The SMILES string of the molecule is CC(C)N(Cc1cccs1)c1ccc(Cl)nn1. The fraction of sp³-hybridized carbons (Fsp3) is 0.333. The van der Waals surface area contributed by atoms with Crippen LogP contribution in [0.2, 0.25) is 5.15 Å². The van der Waals surface area contributed by atoms with Crippen molar-refractivity contribution in [3.63, 3.8) is 0 Å². The van der Waals surface area contributed by atoms with E-state index in [-0.39, 0.29) is 0 Å². The molecule has 0 saturated carbocycles. The van der Waals surface area contributed by atoms with Crippen molar-refractivity contribution in [3.05, 3.63) is 39.7 Å². The molecule has 0 aliphatic rings. The molecule has 0 atom stereocenters. The van der Waals surface area contributed by atoms with Crippen LogP contribution in [0, 0.1) is 0 Å². The summed E-state index contributed by atoms with van der Waals surface area (Å²) in [6.07, 6.45) is 0. The van der Waals surface area contributed by atoms with Crippen molar-refractivity contribution in [2.24, 2.45) is 0 Å². The van der Waals surface area contributed by atoms with Gasteiger partial charge in [-0.05, 0) is 37.4 Å². The molecule has 90 valence electrons. The van der Waals surface area contributed by atoms with E-state index in [9.17, 15) is 0 Å². The maximum absolute atomic E-state index is 5.75. The molecular weight excluding hydrogens is 254 g/mol. The Morgan fingerprint density at radius 1 is 1.29 bits per heavy atom. The molecule has 0 aliphatic carbocycles. The van der Waals surface area contributed by atoms with E-state index < -0.39 is 0 Å². The zero-order valence-corrected chi connectivity index (χ0v) is 11.4. The molecule has 0 amide bonds. The minimum Gasteiger partial charge on any atom is -0.348 e. The molecule has 0 aliphatic heterocycles. The van der Waals surface area contributed by atoms with E-state index in [4.69, 9.17) is 11.6 Å². The molecule has 0 unspecified atom stereocenters. The Bertz CT molecular complexity index is 453. The highest BCUT2D eigenvalue weighted by Crippen LogP contribution is 2.20. The summed E-state index contributed by atoms with van der Waals surface area (Å²) < 4.78 is 0. The first-order valence-corrected chi connectivity index (χ1v) is 6.71. The molecule has 0 spiro atoms. The molecule has 2 aromatic heterocycles. The Labute approximate surface area is 110 Å². The topological polar surface area (TPSA) is 29.0 Å². The van der Waals surface area contributed by atoms with Crippen molar-refractivity contribution < 1.29 is 0 Å². The third-order valence-corrected chi connectivity index (χ3v) is 3.50. The number of anilines is 1. The van der Waals surface area contributed by atoms with E-state index in [0.717, 1.165) is 12.4 Å². The van der Waals surface area contributed by atoms with E-state index >= 15 is 0 Å². The van der Waals surface area contributed by atoms with Crippen LogP contribution in [0.3, 0.4) is 0 Å². The van der Waals surface area contributed by atoms with Crippen molar-refractivity contribution >= 4 is 28.8 Å². The Morgan fingerprint density at radius 3 is 2.65 bits per heavy atom. The number of aromatic nitrogens is 2. The number of nitrogens with zero attached hydrogens (tertiary/aromatic N) is 3. The van der Waals surface area contributed by atoms with Gasteiger partial charge in [-0.3, -0.25) is 0 Å². The van der Waals surface area contributed by atoms with Crippen LogP contribution in [-0.2, 0) is 6.54 Å². The van der Waals surface area contributed by atoms with Gasteiger partial charge in [-0.15, -0.1) is 21.5 Å². The number of hydrogen-bond acceptors (Lipinski definition) is 4. The minimum absolute atomic E-state index is 0.368. The number of rotatable bonds is 4. The Morgan fingerprint density at radius 2 is 2.12 bits per heavy atom. The summed E-state index contributed by atoms with van der Waals surface area (Å²) in [7, 11) is 0. The van der Waals surface area contributed by atoms with E-state index in [1.54, 1.807) is 17.4 Å². The lowest BCUT2D eigenvalue weighted by atomic mass is 10.3. The van der Waals surface area contributed by atoms with E-state index in [2.05, 4.69) is 46.5 Å². The molecule has 5 heteroatoms. The Balaban J connectivity index is 2.20. The highest BCUT2D eigenvalue weighted by molar-refractivity contribution is 7.09. The van der Waals surface area contributed by atoms with E-state index in [1.165, 1.54) is 4.88 Å². The predicted molar refractivity (Wildman–Crippen MR) is 72.7 cm³/mol. The number of hydrogen-bond donors (Lipinski definition) is 0. The first kappa shape index (κ1) is 12.3. The fourth-order valence-corrected chi connectivity index (χ4v) is 2.36. The summed E-state index contributed by atoms with van der Waals surface area (Å²) in [5, 5.41) is 10.5. The molecule has 0 aromatic carbocycles. The molecule has 3 nitrogen and oxygen atoms in total. The second-order valence-electron chi connectivity index (χ2n) is 4.02. The molecule has 0 radical (unpaired) electrons. The van der Waals surface area contributed by atoms with Gasteiger partial charge in [-0.1, -0.05) is 17.7 Å². The summed E-state index contributed by atoms with van der Waals surface area (Å²) in [6, 6.07) is 8.24. The maximum atomic E-state index is 5.75. The molecular formula is C12H14ClN3S. The van der Waals surface area contributed by atoms with Crippen LogP contribution in [0.5, 0.6) is 0 Å². The minimum atomic E-state index is 0.368. The normalized spacial score (nSPS) is 10.8. The first-order chi connectivity index (χ1) is 8.16. The molecule has 2 aromatic rings. The van der Waals surface area contributed by atoms with Crippen LogP contribution in [0.15, 0.2) is 29.6 Å². The summed E-state index contributed by atoms with van der Waals surface area (Å²) >= 11 is 7.50. The number of halogens is 1.